The lowest BCUT2D eigenvalue weighted by molar-refractivity contribution is 0.170. The average Bonchev–Trinajstić information content (AvgIpc) is 3.30. The molecule has 1 fully saturated rings. The molecule has 2 amide bonds. The van der Waals surface area contributed by atoms with Gasteiger partial charge in [0.2, 0.25) is 0 Å². The van der Waals surface area contributed by atoms with Gasteiger partial charge in [0, 0.05) is 34.9 Å². The molecule has 0 saturated carbocycles. The van der Waals surface area contributed by atoms with Gasteiger partial charge in [0.25, 0.3) is 0 Å². The number of carbonyl (C=O) groups is 1. The van der Waals surface area contributed by atoms with Crippen molar-refractivity contribution >= 4 is 52.1 Å². The van der Waals surface area contributed by atoms with Crippen molar-refractivity contribution in [2.45, 2.75) is 38.1 Å². The number of halogens is 4. The van der Waals surface area contributed by atoms with E-state index >= 15 is 0 Å². The third-order valence-electron chi connectivity index (χ3n) is 6.34. The number of carbonyl (C=O) groups excluding carboxylic acids is 1. The maximum Gasteiger partial charge on any atom is 0.322 e. The van der Waals surface area contributed by atoms with Gasteiger partial charge >= 0.3 is 6.03 Å². The SMILES string of the molecule is O=C(Nc1ccc(F)c(Cl)c1)N(CCN1CCCC1)C1CC=C(c2cc(Cl)cc(Cl)c2)CC1. The minimum absolute atomic E-state index is 0.0122. The van der Waals surface area contributed by atoms with E-state index in [9.17, 15) is 9.18 Å². The Bertz CT molecular complexity index is 1020. The number of anilines is 1. The van der Waals surface area contributed by atoms with E-state index in [0.717, 1.165) is 44.5 Å². The second-order valence-electron chi connectivity index (χ2n) is 8.62. The first-order valence-corrected chi connectivity index (χ1v) is 12.4. The number of hydrogen-bond donors (Lipinski definition) is 1. The lowest BCUT2D eigenvalue weighted by Crippen LogP contribution is -2.47. The Morgan fingerprint density at radius 2 is 1.82 bits per heavy atom. The summed E-state index contributed by atoms with van der Waals surface area (Å²) in [5.41, 5.74) is 2.71. The molecule has 33 heavy (non-hydrogen) atoms. The Labute approximate surface area is 209 Å². The number of nitrogens with zero attached hydrogens (tertiary/aromatic N) is 2. The summed E-state index contributed by atoms with van der Waals surface area (Å²) in [7, 11) is 0. The van der Waals surface area contributed by atoms with Gasteiger partial charge in [-0.3, -0.25) is 0 Å². The van der Waals surface area contributed by atoms with Crippen LogP contribution < -0.4 is 5.32 Å². The molecule has 0 radical (unpaired) electrons. The highest BCUT2D eigenvalue weighted by Crippen LogP contribution is 2.33. The van der Waals surface area contributed by atoms with Gasteiger partial charge in [0.15, 0.2) is 0 Å². The molecule has 0 aromatic heterocycles. The number of rotatable bonds is 6. The quantitative estimate of drug-likeness (QED) is 0.441. The third kappa shape index (κ3) is 6.42. The highest BCUT2D eigenvalue weighted by atomic mass is 35.5. The van der Waals surface area contributed by atoms with E-state index in [1.165, 1.54) is 36.6 Å². The zero-order valence-electron chi connectivity index (χ0n) is 18.3. The maximum atomic E-state index is 13.5. The molecule has 0 bridgehead atoms. The molecule has 4 rings (SSSR count). The highest BCUT2D eigenvalue weighted by molar-refractivity contribution is 6.34. The predicted octanol–water partition coefficient (Wildman–Crippen LogP) is 7.35. The molecule has 176 valence electrons. The van der Waals surface area contributed by atoms with E-state index in [1.54, 1.807) is 6.07 Å². The van der Waals surface area contributed by atoms with Gasteiger partial charge in [-0.1, -0.05) is 40.9 Å². The van der Waals surface area contributed by atoms with Gasteiger partial charge in [0.05, 0.1) is 5.02 Å². The fourth-order valence-electron chi connectivity index (χ4n) is 4.58. The molecule has 4 nitrogen and oxygen atoms in total. The molecular weight excluding hydrogens is 484 g/mol. The summed E-state index contributed by atoms with van der Waals surface area (Å²) >= 11 is 18.3. The Morgan fingerprint density at radius 1 is 1.09 bits per heavy atom. The second kappa shape index (κ2) is 11.1. The molecule has 1 aliphatic carbocycles. The van der Waals surface area contributed by atoms with Gasteiger partial charge in [-0.25, -0.2) is 9.18 Å². The van der Waals surface area contributed by atoms with Crippen LogP contribution in [0.1, 0.15) is 37.7 Å². The fourth-order valence-corrected chi connectivity index (χ4v) is 5.29. The molecular formula is C25H27Cl3FN3O. The monoisotopic (exact) mass is 509 g/mol. The molecule has 2 aromatic carbocycles. The van der Waals surface area contributed by atoms with Crippen molar-refractivity contribution in [3.05, 3.63) is 68.9 Å². The van der Waals surface area contributed by atoms with Crippen LogP contribution in [0.2, 0.25) is 15.1 Å². The Hall–Kier alpha value is -1.79. The van der Waals surface area contributed by atoms with Crippen LogP contribution in [0.25, 0.3) is 5.57 Å². The van der Waals surface area contributed by atoms with Crippen molar-refractivity contribution in [1.82, 2.24) is 9.80 Å². The second-order valence-corrected chi connectivity index (χ2v) is 9.90. The number of benzene rings is 2. The molecule has 1 saturated heterocycles. The van der Waals surface area contributed by atoms with Crippen LogP contribution in [-0.4, -0.2) is 48.1 Å². The lowest BCUT2D eigenvalue weighted by Gasteiger charge is -2.35. The molecule has 2 aromatic rings. The van der Waals surface area contributed by atoms with Gasteiger partial charge in [-0.2, -0.15) is 0 Å². The van der Waals surface area contributed by atoms with Crippen LogP contribution in [-0.2, 0) is 0 Å². The van der Waals surface area contributed by atoms with E-state index in [0.29, 0.717) is 22.3 Å². The Kier molecular flexibility index (Phi) is 8.18. The van der Waals surface area contributed by atoms with Crippen molar-refractivity contribution in [3.63, 3.8) is 0 Å². The summed E-state index contributed by atoms with van der Waals surface area (Å²) in [6, 6.07) is 9.69. The summed E-state index contributed by atoms with van der Waals surface area (Å²) in [6.45, 7) is 3.63. The summed E-state index contributed by atoms with van der Waals surface area (Å²) in [5.74, 6) is -0.508. The summed E-state index contributed by atoms with van der Waals surface area (Å²) in [6.07, 6.45) is 7.01. The van der Waals surface area contributed by atoms with Crippen molar-refractivity contribution < 1.29 is 9.18 Å². The van der Waals surface area contributed by atoms with Crippen LogP contribution in [0.5, 0.6) is 0 Å². The van der Waals surface area contributed by atoms with Gasteiger partial charge < -0.3 is 15.1 Å². The van der Waals surface area contributed by atoms with Crippen LogP contribution >= 0.6 is 34.8 Å². The van der Waals surface area contributed by atoms with Crippen molar-refractivity contribution in [2.24, 2.45) is 0 Å². The van der Waals surface area contributed by atoms with E-state index in [2.05, 4.69) is 16.3 Å². The summed E-state index contributed by atoms with van der Waals surface area (Å²) < 4.78 is 13.5. The number of nitrogens with one attached hydrogen (secondary N) is 1. The normalized spacial score (nSPS) is 18.8. The van der Waals surface area contributed by atoms with Crippen LogP contribution in [0.4, 0.5) is 14.9 Å². The molecule has 1 atom stereocenters. The van der Waals surface area contributed by atoms with E-state index in [4.69, 9.17) is 34.8 Å². The predicted molar refractivity (Wildman–Crippen MR) is 135 cm³/mol. The van der Waals surface area contributed by atoms with E-state index in [1.807, 2.05) is 17.0 Å². The first-order valence-electron chi connectivity index (χ1n) is 11.3. The fraction of sp³-hybridized carbons (Fsp3) is 0.400. The van der Waals surface area contributed by atoms with Crippen LogP contribution in [0.15, 0.2) is 42.5 Å². The molecule has 1 heterocycles. The average molecular weight is 511 g/mol. The third-order valence-corrected chi connectivity index (χ3v) is 7.07. The van der Waals surface area contributed by atoms with Crippen LogP contribution in [0.3, 0.4) is 0 Å². The van der Waals surface area contributed by atoms with Crippen molar-refractivity contribution in [3.8, 4) is 0 Å². The van der Waals surface area contributed by atoms with Crippen LogP contribution in [0, 0.1) is 5.82 Å². The zero-order valence-corrected chi connectivity index (χ0v) is 20.6. The molecule has 1 aliphatic heterocycles. The first kappa shape index (κ1) is 24.3. The summed E-state index contributed by atoms with van der Waals surface area (Å²) in [4.78, 5) is 17.6. The van der Waals surface area contributed by atoms with Crippen molar-refractivity contribution in [2.75, 3.05) is 31.5 Å². The molecule has 2 aliphatic rings. The summed E-state index contributed by atoms with van der Waals surface area (Å²) in [5, 5.41) is 4.12. The van der Waals surface area contributed by atoms with E-state index in [-0.39, 0.29) is 17.1 Å². The maximum absolute atomic E-state index is 13.5. The Morgan fingerprint density at radius 3 is 2.45 bits per heavy atom. The van der Waals surface area contributed by atoms with Gasteiger partial charge in [0.1, 0.15) is 5.82 Å². The largest absolute Gasteiger partial charge is 0.322 e. The number of amides is 2. The Balaban J connectivity index is 1.48. The number of likely N-dealkylation sites (tertiary alicyclic amines) is 1. The standard InChI is InChI=1S/C25H27Cl3FN3O/c26-19-13-18(14-20(27)15-19)17-3-6-22(7-4-17)32(12-11-31-9-1-2-10-31)25(33)30-21-5-8-24(29)23(28)16-21/h3,5,8,13-16,22H,1-2,4,6-7,9-12H2,(H,30,33). The zero-order chi connectivity index (χ0) is 23.4. The first-order chi connectivity index (χ1) is 15.9. The number of urea groups is 1. The number of hydrogen-bond acceptors (Lipinski definition) is 2. The minimum Gasteiger partial charge on any atom is -0.320 e. The van der Waals surface area contributed by atoms with Crippen molar-refractivity contribution in [1.29, 1.82) is 0 Å². The minimum atomic E-state index is -0.508. The topological polar surface area (TPSA) is 35.6 Å². The van der Waals surface area contributed by atoms with E-state index < -0.39 is 5.82 Å². The van der Waals surface area contributed by atoms with Gasteiger partial charge in [-0.05, 0) is 92.7 Å². The number of allylic oxidation sites excluding steroid dienone is 1. The molecule has 0 spiro atoms. The lowest BCUT2D eigenvalue weighted by atomic mass is 9.90. The molecule has 1 N–H and O–H groups in total. The van der Waals surface area contributed by atoms with Gasteiger partial charge in [-0.15, -0.1) is 0 Å². The molecule has 1 unspecified atom stereocenters. The smallest absolute Gasteiger partial charge is 0.320 e. The molecule has 8 heteroatoms. The highest BCUT2D eigenvalue weighted by Gasteiger charge is 2.27.